The van der Waals surface area contributed by atoms with Gasteiger partial charge in [0.25, 0.3) is 5.91 Å². The van der Waals surface area contributed by atoms with E-state index in [1.807, 2.05) is 37.3 Å². The van der Waals surface area contributed by atoms with Gasteiger partial charge in [-0.2, -0.15) is 0 Å². The van der Waals surface area contributed by atoms with Crippen LogP contribution in [0.15, 0.2) is 78.9 Å². The molecule has 4 rings (SSSR count). The van der Waals surface area contributed by atoms with Gasteiger partial charge in [-0.05, 0) is 56.0 Å². The van der Waals surface area contributed by atoms with Crippen LogP contribution < -0.4 is 5.32 Å². The Morgan fingerprint density at radius 3 is 2.42 bits per heavy atom. The number of carbonyl (C=O) groups is 1. The first kappa shape index (κ1) is 20.9. The van der Waals surface area contributed by atoms with Crippen LogP contribution in [0.25, 0.3) is 11.0 Å². The third-order valence-electron chi connectivity index (χ3n) is 5.60. The van der Waals surface area contributed by atoms with Crippen LogP contribution in [0.2, 0.25) is 0 Å². The number of hydrogen-bond donors (Lipinski definition) is 1. The van der Waals surface area contributed by atoms with Gasteiger partial charge in [0.1, 0.15) is 5.82 Å². The van der Waals surface area contributed by atoms with Crippen LogP contribution in [0.4, 0.5) is 0 Å². The summed E-state index contributed by atoms with van der Waals surface area (Å²) in [4.78, 5) is 17.2. The van der Waals surface area contributed by atoms with Crippen LogP contribution in [0, 0.1) is 6.92 Å². The molecule has 4 nitrogen and oxygen atoms in total. The van der Waals surface area contributed by atoms with Crippen molar-refractivity contribution in [3.05, 3.63) is 101 Å². The van der Waals surface area contributed by atoms with Crippen LogP contribution in [-0.4, -0.2) is 22.0 Å². The topological polar surface area (TPSA) is 46.9 Å². The number of carbonyl (C=O) groups excluding carboxylic acids is 1. The molecule has 0 fully saturated rings. The Balaban J connectivity index is 1.36. The quantitative estimate of drug-likeness (QED) is 0.378. The van der Waals surface area contributed by atoms with Gasteiger partial charge in [-0.25, -0.2) is 4.98 Å². The zero-order valence-corrected chi connectivity index (χ0v) is 18.1. The highest BCUT2D eigenvalue weighted by molar-refractivity contribution is 5.94. The minimum absolute atomic E-state index is 0.0173. The molecule has 4 aromatic rings. The number of amides is 1. The summed E-state index contributed by atoms with van der Waals surface area (Å²) < 4.78 is 2.35. The van der Waals surface area contributed by atoms with Gasteiger partial charge >= 0.3 is 0 Å². The van der Waals surface area contributed by atoms with Crippen molar-refractivity contribution in [1.82, 2.24) is 14.9 Å². The lowest BCUT2D eigenvalue weighted by molar-refractivity contribution is 0.0953. The first-order valence-electron chi connectivity index (χ1n) is 11.0. The van der Waals surface area contributed by atoms with E-state index in [0.29, 0.717) is 12.1 Å². The second kappa shape index (κ2) is 10.1. The Bertz CT molecular complexity index is 1130. The number of benzene rings is 3. The summed E-state index contributed by atoms with van der Waals surface area (Å²) in [6.07, 6.45) is 3.83. The van der Waals surface area contributed by atoms with Gasteiger partial charge in [-0.1, -0.05) is 60.2 Å². The molecule has 1 N–H and O–H groups in total. The molecule has 0 aliphatic carbocycles. The van der Waals surface area contributed by atoms with E-state index in [2.05, 4.69) is 58.4 Å². The Morgan fingerprint density at radius 2 is 1.61 bits per heavy atom. The predicted molar refractivity (Wildman–Crippen MR) is 126 cm³/mol. The number of nitrogens with one attached hydrogen (secondary N) is 1. The Labute approximate surface area is 183 Å². The number of para-hydroxylation sites is 2. The summed E-state index contributed by atoms with van der Waals surface area (Å²) in [6.45, 7) is 3.61. The maximum absolute atomic E-state index is 12.3. The molecule has 0 spiro atoms. The van der Waals surface area contributed by atoms with E-state index in [9.17, 15) is 4.79 Å². The number of aryl methyl sites for hydroxylation is 4. The van der Waals surface area contributed by atoms with E-state index in [1.54, 1.807) is 0 Å². The van der Waals surface area contributed by atoms with Gasteiger partial charge in [-0.15, -0.1) is 0 Å². The maximum atomic E-state index is 12.3. The van der Waals surface area contributed by atoms with Crippen molar-refractivity contribution in [1.29, 1.82) is 0 Å². The van der Waals surface area contributed by atoms with Gasteiger partial charge in [0.2, 0.25) is 0 Å². The van der Waals surface area contributed by atoms with Crippen LogP contribution in [0.3, 0.4) is 0 Å². The van der Waals surface area contributed by atoms with Gasteiger partial charge in [-0.3, -0.25) is 4.79 Å². The number of hydrogen-bond acceptors (Lipinski definition) is 2. The average Bonchev–Trinajstić information content (AvgIpc) is 3.15. The lowest BCUT2D eigenvalue weighted by Gasteiger charge is -2.10. The monoisotopic (exact) mass is 411 g/mol. The second-order valence-corrected chi connectivity index (χ2v) is 7.98. The van der Waals surface area contributed by atoms with E-state index in [4.69, 9.17) is 4.98 Å². The van der Waals surface area contributed by atoms with Crippen LogP contribution in [-0.2, 0) is 19.4 Å². The van der Waals surface area contributed by atoms with Crippen molar-refractivity contribution >= 4 is 16.9 Å². The summed E-state index contributed by atoms with van der Waals surface area (Å²) in [6, 6.07) is 26.6. The number of imidazole rings is 1. The van der Waals surface area contributed by atoms with E-state index >= 15 is 0 Å². The Hall–Kier alpha value is -3.40. The number of nitrogens with zero attached hydrogens (tertiary/aromatic N) is 2. The molecule has 0 aliphatic heterocycles. The molecule has 0 saturated heterocycles. The molecule has 0 aliphatic rings. The predicted octanol–water partition coefficient (Wildman–Crippen LogP) is 5.34. The van der Waals surface area contributed by atoms with Gasteiger partial charge in [0, 0.05) is 25.1 Å². The molecule has 0 saturated carbocycles. The molecular formula is C27H29N3O. The van der Waals surface area contributed by atoms with Crippen LogP contribution in [0.1, 0.15) is 40.2 Å². The van der Waals surface area contributed by atoms with E-state index < -0.39 is 0 Å². The van der Waals surface area contributed by atoms with Crippen molar-refractivity contribution < 1.29 is 4.79 Å². The highest BCUT2D eigenvalue weighted by atomic mass is 16.1. The molecule has 31 heavy (non-hydrogen) atoms. The smallest absolute Gasteiger partial charge is 0.251 e. The second-order valence-electron chi connectivity index (χ2n) is 7.98. The molecule has 0 radical (unpaired) electrons. The molecule has 1 amide bonds. The lowest BCUT2D eigenvalue weighted by atomic mass is 10.1. The highest BCUT2D eigenvalue weighted by Crippen LogP contribution is 2.18. The van der Waals surface area contributed by atoms with Crippen molar-refractivity contribution in [2.45, 2.75) is 39.2 Å². The van der Waals surface area contributed by atoms with Crippen LogP contribution >= 0.6 is 0 Å². The number of fused-ring (bicyclic) bond motifs is 1. The summed E-state index contributed by atoms with van der Waals surface area (Å²) in [5, 5.41) is 3.03. The molecule has 0 unspecified atom stereocenters. The summed E-state index contributed by atoms with van der Waals surface area (Å²) >= 11 is 0. The zero-order valence-electron chi connectivity index (χ0n) is 18.1. The molecule has 0 bridgehead atoms. The van der Waals surface area contributed by atoms with Crippen molar-refractivity contribution in [3.8, 4) is 0 Å². The first-order chi connectivity index (χ1) is 15.2. The average molecular weight is 412 g/mol. The number of aromatic nitrogens is 2. The highest BCUT2D eigenvalue weighted by Gasteiger charge is 2.11. The lowest BCUT2D eigenvalue weighted by Crippen LogP contribution is -2.25. The molecule has 158 valence electrons. The zero-order chi connectivity index (χ0) is 21.5. The summed E-state index contributed by atoms with van der Waals surface area (Å²) in [7, 11) is 0. The fraction of sp³-hybridized carbons (Fsp3) is 0.259. The molecule has 1 aromatic heterocycles. The van der Waals surface area contributed by atoms with E-state index in [-0.39, 0.29) is 5.91 Å². The van der Waals surface area contributed by atoms with Gasteiger partial charge in [0.05, 0.1) is 11.0 Å². The third-order valence-corrected chi connectivity index (χ3v) is 5.60. The molecule has 3 aromatic carbocycles. The van der Waals surface area contributed by atoms with Crippen molar-refractivity contribution in [2.75, 3.05) is 6.54 Å². The normalized spacial score (nSPS) is 11.0. The number of rotatable bonds is 9. The fourth-order valence-corrected chi connectivity index (χ4v) is 3.91. The third kappa shape index (κ3) is 5.40. The Kier molecular flexibility index (Phi) is 6.78. The maximum Gasteiger partial charge on any atom is 0.251 e. The SMILES string of the molecule is Cc1ccc(C(=O)NCCCc2nc3ccccc3n2CCCc2ccccc2)cc1. The minimum Gasteiger partial charge on any atom is -0.352 e. The Morgan fingerprint density at radius 1 is 0.871 bits per heavy atom. The van der Waals surface area contributed by atoms with Gasteiger partial charge in [0.15, 0.2) is 0 Å². The van der Waals surface area contributed by atoms with Crippen molar-refractivity contribution in [2.24, 2.45) is 0 Å². The largest absolute Gasteiger partial charge is 0.352 e. The molecule has 4 heteroatoms. The fourth-order valence-electron chi connectivity index (χ4n) is 3.91. The van der Waals surface area contributed by atoms with E-state index in [1.165, 1.54) is 11.1 Å². The summed E-state index contributed by atoms with van der Waals surface area (Å²) in [5.74, 6) is 1.08. The first-order valence-corrected chi connectivity index (χ1v) is 11.0. The summed E-state index contributed by atoms with van der Waals surface area (Å²) in [5.41, 5.74) is 5.46. The molecule has 1 heterocycles. The molecular weight excluding hydrogens is 382 g/mol. The van der Waals surface area contributed by atoms with E-state index in [0.717, 1.165) is 49.1 Å². The van der Waals surface area contributed by atoms with Crippen molar-refractivity contribution in [3.63, 3.8) is 0 Å². The van der Waals surface area contributed by atoms with Gasteiger partial charge < -0.3 is 9.88 Å². The van der Waals surface area contributed by atoms with Crippen LogP contribution in [0.5, 0.6) is 0 Å². The molecule has 0 atom stereocenters. The minimum atomic E-state index is -0.0173. The standard InChI is InChI=1S/C27H29N3O/c1-21-15-17-23(18-16-21)27(31)28-19-7-14-26-29-24-12-5-6-13-25(24)30(26)20-8-11-22-9-3-2-4-10-22/h2-6,9-10,12-13,15-18H,7-8,11,14,19-20H2,1H3,(H,28,31).